The molecule has 0 spiro atoms. The van der Waals surface area contributed by atoms with Crippen LogP contribution in [0.4, 0.5) is 11.4 Å². The number of nitrogen functional groups attached to an aromatic ring is 1. The fourth-order valence-electron chi connectivity index (χ4n) is 3.80. The number of aliphatic hydroxyl groups excluding tert-OH is 1. The van der Waals surface area contributed by atoms with E-state index in [0.29, 0.717) is 29.7 Å². The Labute approximate surface area is 165 Å². The zero-order valence-corrected chi connectivity index (χ0v) is 16.8. The van der Waals surface area contributed by atoms with E-state index in [4.69, 9.17) is 10.2 Å². The minimum atomic E-state index is -0.347. The Hall–Kier alpha value is -2.79. The molecule has 148 valence electrons. The molecule has 0 aliphatic carbocycles. The fraction of sp³-hybridized carbons (Fsp3) is 0.348. The van der Waals surface area contributed by atoms with Crippen LogP contribution in [0.25, 0.3) is 22.1 Å². The lowest BCUT2D eigenvalue weighted by molar-refractivity contribution is 0.300. The molecule has 0 atom stereocenters. The number of nitrogens with zero attached hydrogens (tertiary/aromatic N) is 1. The molecule has 0 saturated carbocycles. The van der Waals surface area contributed by atoms with E-state index in [1.807, 2.05) is 31.2 Å². The van der Waals surface area contributed by atoms with Crippen LogP contribution in [-0.2, 0) is 12.8 Å². The summed E-state index contributed by atoms with van der Waals surface area (Å²) in [5.74, 6) is 0. The zero-order valence-electron chi connectivity index (χ0n) is 16.8. The molecule has 1 aromatic heterocycles. The van der Waals surface area contributed by atoms with Crippen LogP contribution in [0.5, 0.6) is 0 Å². The van der Waals surface area contributed by atoms with Gasteiger partial charge in [-0.2, -0.15) is 0 Å². The van der Waals surface area contributed by atoms with E-state index >= 15 is 0 Å². The predicted octanol–water partition coefficient (Wildman–Crippen LogP) is 3.99. The van der Waals surface area contributed by atoms with Crippen LogP contribution in [0.3, 0.4) is 0 Å². The Kier molecular flexibility index (Phi) is 6.05. The summed E-state index contributed by atoms with van der Waals surface area (Å²) < 4.78 is 5.74. The lowest BCUT2D eigenvalue weighted by Crippen LogP contribution is -2.21. The van der Waals surface area contributed by atoms with E-state index in [1.54, 1.807) is 6.07 Å². The van der Waals surface area contributed by atoms with E-state index in [2.05, 4.69) is 24.8 Å². The number of hydrogen-bond acceptors (Lipinski definition) is 5. The lowest BCUT2D eigenvalue weighted by atomic mass is 9.94. The third-order valence-corrected chi connectivity index (χ3v) is 5.29. The highest BCUT2D eigenvalue weighted by Gasteiger charge is 2.17. The van der Waals surface area contributed by atoms with Gasteiger partial charge in [0.2, 0.25) is 0 Å². The average molecular weight is 380 g/mol. The number of hydrogen-bond donors (Lipinski definition) is 2. The molecule has 0 saturated heterocycles. The molecule has 2 aromatic carbocycles. The monoisotopic (exact) mass is 380 g/mol. The molecule has 0 fully saturated rings. The molecule has 0 aliphatic heterocycles. The van der Waals surface area contributed by atoms with Crippen molar-refractivity contribution in [3.05, 3.63) is 57.9 Å². The first-order valence-corrected chi connectivity index (χ1v) is 9.88. The van der Waals surface area contributed by atoms with Crippen LogP contribution in [-0.4, -0.2) is 24.8 Å². The van der Waals surface area contributed by atoms with Crippen LogP contribution in [0, 0.1) is 0 Å². The third kappa shape index (κ3) is 3.62. The molecule has 1 heterocycles. The first-order valence-electron chi connectivity index (χ1n) is 9.88. The highest BCUT2D eigenvalue weighted by atomic mass is 16.4. The Morgan fingerprint density at radius 1 is 1.07 bits per heavy atom. The molecule has 3 rings (SSSR count). The predicted molar refractivity (Wildman–Crippen MR) is 116 cm³/mol. The Balaban J connectivity index is 2.22. The van der Waals surface area contributed by atoms with Crippen molar-refractivity contribution in [2.45, 2.75) is 33.6 Å². The first-order chi connectivity index (χ1) is 13.5. The van der Waals surface area contributed by atoms with Crippen molar-refractivity contribution in [2.24, 2.45) is 0 Å². The minimum Gasteiger partial charge on any atom is -0.422 e. The molecule has 0 aliphatic rings. The van der Waals surface area contributed by atoms with Crippen molar-refractivity contribution in [1.29, 1.82) is 0 Å². The lowest BCUT2D eigenvalue weighted by Gasteiger charge is -2.21. The summed E-state index contributed by atoms with van der Waals surface area (Å²) >= 11 is 0. The maximum atomic E-state index is 12.9. The van der Waals surface area contributed by atoms with Crippen LogP contribution >= 0.6 is 0 Å². The molecule has 3 aromatic rings. The highest BCUT2D eigenvalue weighted by Crippen LogP contribution is 2.31. The highest BCUT2D eigenvalue weighted by molar-refractivity contribution is 5.89. The molecule has 0 unspecified atom stereocenters. The normalized spacial score (nSPS) is 11.1. The van der Waals surface area contributed by atoms with E-state index in [-0.39, 0.29) is 12.2 Å². The SMILES string of the molecule is CCc1c(-c2ccc(N)c(CCO)c2)c(=O)oc2cc(N(CC)CC)ccc12. The van der Waals surface area contributed by atoms with Gasteiger partial charge in [0.1, 0.15) is 5.58 Å². The van der Waals surface area contributed by atoms with Gasteiger partial charge in [0.25, 0.3) is 0 Å². The number of anilines is 2. The summed E-state index contributed by atoms with van der Waals surface area (Å²) in [6, 6.07) is 11.6. The van der Waals surface area contributed by atoms with Crippen molar-refractivity contribution in [2.75, 3.05) is 30.3 Å². The molecular formula is C23H28N2O3. The number of benzene rings is 2. The Morgan fingerprint density at radius 3 is 2.46 bits per heavy atom. The second-order valence-corrected chi connectivity index (χ2v) is 6.84. The summed E-state index contributed by atoms with van der Waals surface area (Å²) in [4.78, 5) is 15.1. The second kappa shape index (κ2) is 8.48. The second-order valence-electron chi connectivity index (χ2n) is 6.84. The zero-order chi connectivity index (χ0) is 20.3. The number of aryl methyl sites for hydroxylation is 1. The van der Waals surface area contributed by atoms with Crippen molar-refractivity contribution in [3.8, 4) is 11.1 Å². The van der Waals surface area contributed by atoms with E-state index in [1.165, 1.54) is 0 Å². The Bertz CT molecular complexity index is 1040. The van der Waals surface area contributed by atoms with Gasteiger partial charge < -0.3 is 20.2 Å². The molecule has 5 heteroatoms. The summed E-state index contributed by atoms with van der Waals surface area (Å²) in [5, 5.41) is 10.2. The summed E-state index contributed by atoms with van der Waals surface area (Å²) in [7, 11) is 0. The van der Waals surface area contributed by atoms with Crippen molar-refractivity contribution in [3.63, 3.8) is 0 Å². The van der Waals surface area contributed by atoms with Crippen molar-refractivity contribution in [1.82, 2.24) is 0 Å². The third-order valence-electron chi connectivity index (χ3n) is 5.29. The van der Waals surface area contributed by atoms with Gasteiger partial charge in [-0.15, -0.1) is 0 Å². The van der Waals surface area contributed by atoms with Gasteiger partial charge in [-0.25, -0.2) is 4.79 Å². The molecule has 0 bridgehead atoms. The van der Waals surface area contributed by atoms with E-state index < -0.39 is 0 Å². The number of fused-ring (bicyclic) bond motifs is 1. The molecule has 0 radical (unpaired) electrons. The van der Waals surface area contributed by atoms with Crippen LogP contribution in [0.1, 0.15) is 31.9 Å². The van der Waals surface area contributed by atoms with Gasteiger partial charge in [-0.3, -0.25) is 0 Å². The van der Waals surface area contributed by atoms with Crippen molar-refractivity contribution >= 4 is 22.3 Å². The maximum Gasteiger partial charge on any atom is 0.344 e. The van der Waals surface area contributed by atoms with Gasteiger partial charge in [0, 0.05) is 42.5 Å². The molecule has 0 amide bonds. The van der Waals surface area contributed by atoms with Crippen LogP contribution in [0.2, 0.25) is 0 Å². The number of rotatable bonds is 7. The van der Waals surface area contributed by atoms with E-state index in [0.717, 1.165) is 40.9 Å². The number of aliphatic hydroxyl groups is 1. The molecule has 28 heavy (non-hydrogen) atoms. The van der Waals surface area contributed by atoms with Crippen LogP contribution in [0.15, 0.2) is 45.6 Å². The standard InChI is InChI=1S/C23H28N2O3/c1-4-18-19-9-8-17(25(5-2)6-3)14-21(19)28-23(27)22(18)16-7-10-20(24)15(13-16)11-12-26/h7-10,13-14,26H,4-6,11-12,24H2,1-3H3. The largest absolute Gasteiger partial charge is 0.422 e. The minimum absolute atomic E-state index is 0.00868. The number of nitrogens with two attached hydrogens (primary N) is 1. The molecule has 3 N–H and O–H groups in total. The van der Waals surface area contributed by atoms with Gasteiger partial charge in [-0.1, -0.05) is 13.0 Å². The average Bonchev–Trinajstić information content (AvgIpc) is 2.69. The fourth-order valence-corrected chi connectivity index (χ4v) is 3.80. The smallest absolute Gasteiger partial charge is 0.344 e. The maximum absolute atomic E-state index is 12.9. The summed E-state index contributed by atoms with van der Waals surface area (Å²) in [6.45, 7) is 8.05. The first kappa shape index (κ1) is 20.0. The van der Waals surface area contributed by atoms with Gasteiger partial charge in [-0.05, 0) is 67.6 Å². The van der Waals surface area contributed by atoms with Crippen molar-refractivity contribution < 1.29 is 9.52 Å². The van der Waals surface area contributed by atoms with Gasteiger partial charge in [0.05, 0.1) is 5.56 Å². The quantitative estimate of drug-likeness (QED) is 0.479. The van der Waals surface area contributed by atoms with E-state index in [9.17, 15) is 9.90 Å². The van der Waals surface area contributed by atoms with Crippen LogP contribution < -0.4 is 16.3 Å². The Morgan fingerprint density at radius 2 is 1.82 bits per heavy atom. The summed E-state index contributed by atoms with van der Waals surface area (Å²) in [6.07, 6.45) is 1.16. The summed E-state index contributed by atoms with van der Waals surface area (Å²) in [5.41, 5.74) is 11.1. The topological polar surface area (TPSA) is 79.7 Å². The van der Waals surface area contributed by atoms with Gasteiger partial charge >= 0.3 is 5.63 Å². The van der Waals surface area contributed by atoms with Gasteiger partial charge in [0.15, 0.2) is 0 Å². The molecular weight excluding hydrogens is 352 g/mol. The molecule has 5 nitrogen and oxygen atoms in total.